The number of nitrogens with zero attached hydrogens (tertiary/aromatic N) is 2. The summed E-state index contributed by atoms with van der Waals surface area (Å²) < 4.78 is 5.50. The van der Waals surface area contributed by atoms with E-state index in [0.717, 1.165) is 17.3 Å². The first kappa shape index (κ1) is 16.7. The summed E-state index contributed by atoms with van der Waals surface area (Å²) in [5, 5.41) is 5.52. The minimum Gasteiger partial charge on any atom is -0.459 e. The van der Waals surface area contributed by atoms with Crippen molar-refractivity contribution < 1.29 is 9.21 Å². The molecular weight excluding hydrogens is 298 g/mol. The third kappa shape index (κ3) is 3.82. The molecule has 0 aliphatic carbocycles. The first-order valence-electron chi connectivity index (χ1n) is 6.04. The number of amides is 1. The van der Waals surface area contributed by atoms with Gasteiger partial charge in [-0.1, -0.05) is 0 Å². The summed E-state index contributed by atoms with van der Waals surface area (Å²) in [6, 6.07) is 3.75. The van der Waals surface area contributed by atoms with Gasteiger partial charge in [-0.05, 0) is 26.1 Å². The second kappa shape index (κ2) is 7.42. The lowest BCUT2D eigenvalue weighted by atomic mass is 10.4. The van der Waals surface area contributed by atoms with Crippen LogP contribution in [0.3, 0.4) is 0 Å². The van der Waals surface area contributed by atoms with Crippen molar-refractivity contribution in [3.05, 3.63) is 29.0 Å². The largest absolute Gasteiger partial charge is 0.459 e. The Balaban J connectivity index is 0.00000200. The maximum absolute atomic E-state index is 12.1. The van der Waals surface area contributed by atoms with Gasteiger partial charge in [-0.25, -0.2) is 4.98 Å². The number of halogens is 1. The lowest BCUT2D eigenvalue weighted by Crippen LogP contribution is -2.32. The quantitative estimate of drug-likeness (QED) is 0.920. The monoisotopic (exact) mass is 315 g/mol. The molecule has 0 aromatic carbocycles. The number of carbonyl (C=O) groups excluding carboxylic acids is 1. The summed E-state index contributed by atoms with van der Waals surface area (Å²) in [7, 11) is 3.63. The third-order valence-electron chi connectivity index (χ3n) is 2.72. The Morgan fingerprint density at radius 2 is 2.25 bits per heavy atom. The van der Waals surface area contributed by atoms with Gasteiger partial charge in [0.15, 0.2) is 10.8 Å². The Hall–Kier alpha value is -1.37. The topological polar surface area (TPSA) is 58.4 Å². The fourth-order valence-corrected chi connectivity index (χ4v) is 2.36. The predicted octanol–water partition coefficient (Wildman–Crippen LogP) is 2.42. The first-order chi connectivity index (χ1) is 9.11. The molecule has 0 saturated heterocycles. The molecule has 1 amide bonds. The smallest absolute Gasteiger partial charge is 0.273 e. The zero-order chi connectivity index (χ0) is 13.8. The summed E-state index contributed by atoms with van der Waals surface area (Å²) >= 11 is 1.42. The number of carbonyl (C=O) groups is 1. The van der Waals surface area contributed by atoms with E-state index in [4.69, 9.17) is 4.42 Å². The Morgan fingerprint density at radius 1 is 1.50 bits per heavy atom. The zero-order valence-electron chi connectivity index (χ0n) is 11.7. The van der Waals surface area contributed by atoms with Crippen molar-refractivity contribution in [2.75, 3.05) is 27.2 Å². The van der Waals surface area contributed by atoms with E-state index in [0.29, 0.717) is 18.0 Å². The van der Waals surface area contributed by atoms with Crippen molar-refractivity contribution in [1.82, 2.24) is 15.2 Å². The van der Waals surface area contributed by atoms with Crippen LogP contribution in [0.1, 0.15) is 16.2 Å². The molecule has 0 unspecified atom stereocenters. The highest BCUT2D eigenvalue weighted by atomic mass is 35.5. The Kier molecular flexibility index (Phi) is 6.19. The fourth-order valence-electron chi connectivity index (χ4n) is 1.61. The second-order valence-electron chi connectivity index (χ2n) is 4.28. The van der Waals surface area contributed by atoms with Crippen molar-refractivity contribution in [3.63, 3.8) is 0 Å². The number of aromatic nitrogens is 1. The highest BCUT2D eigenvalue weighted by Crippen LogP contribution is 2.25. The molecular formula is C13H18ClN3O2S. The molecule has 0 spiro atoms. The third-order valence-corrected chi connectivity index (χ3v) is 3.58. The van der Waals surface area contributed by atoms with E-state index in [2.05, 4.69) is 10.3 Å². The Bertz CT molecular complexity index is 567. The number of aryl methyl sites for hydroxylation is 1. The van der Waals surface area contributed by atoms with E-state index in [1.54, 1.807) is 17.3 Å². The highest BCUT2D eigenvalue weighted by Gasteiger charge is 2.16. The van der Waals surface area contributed by atoms with Gasteiger partial charge in [0.05, 0.1) is 0 Å². The fraction of sp³-hybridized carbons (Fsp3) is 0.385. The summed E-state index contributed by atoms with van der Waals surface area (Å²) in [5.41, 5.74) is 0.465. The lowest BCUT2D eigenvalue weighted by Gasteiger charge is -2.15. The molecule has 20 heavy (non-hydrogen) atoms. The summed E-state index contributed by atoms with van der Waals surface area (Å²) in [6.45, 7) is 3.30. The minimum atomic E-state index is -0.0685. The van der Waals surface area contributed by atoms with Gasteiger partial charge in [0.25, 0.3) is 5.91 Å². The molecule has 7 heteroatoms. The first-order valence-corrected chi connectivity index (χ1v) is 6.92. The molecule has 110 valence electrons. The van der Waals surface area contributed by atoms with Crippen molar-refractivity contribution in [2.24, 2.45) is 0 Å². The van der Waals surface area contributed by atoms with Crippen LogP contribution in [0.15, 0.2) is 21.9 Å². The van der Waals surface area contributed by atoms with E-state index < -0.39 is 0 Å². The summed E-state index contributed by atoms with van der Waals surface area (Å²) in [4.78, 5) is 18.1. The van der Waals surface area contributed by atoms with Gasteiger partial charge in [-0.15, -0.1) is 23.7 Å². The van der Waals surface area contributed by atoms with Crippen LogP contribution in [-0.4, -0.2) is 43.0 Å². The maximum Gasteiger partial charge on any atom is 0.273 e. The van der Waals surface area contributed by atoms with Gasteiger partial charge in [-0.3, -0.25) is 4.79 Å². The average Bonchev–Trinajstić information content (AvgIpc) is 3.03. The maximum atomic E-state index is 12.1. The van der Waals surface area contributed by atoms with Gasteiger partial charge in [0, 0.05) is 25.5 Å². The van der Waals surface area contributed by atoms with Crippen LogP contribution in [0.4, 0.5) is 0 Å². The number of nitrogens with one attached hydrogen (secondary N) is 1. The molecule has 2 aromatic rings. The Morgan fingerprint density at radius 3 is 2.85 bits per heavy atom. The van der Waals surface area contributed by atoms with Crippen molar-refractivity contribution in [3.8, 4) is 10.8 Å². The van der Waals surface area contributed by atoms with Crippen LogP contribution in [0, 0.1) is 6.92 Å². The van der Waals surface area contributed by atoms with Crippen LogP contribution in [0.5, 0.6) is 0 Å². The normalized spacial score (nSPS) is 10.2. The average molecular weight is 316 g/mol. The molecule has 2 heterocycles. The van der Waals surface area contributed by atoms with E-state index in [1.165, 1.54) is 11.3 Å². The van der Waals surface area contributed by atoms with Gasteiger partial charge < -0.3 is 14.6 Å². The lowest BCUT2D eigenvalue weighted by molar-refractivity contribution is 0.0792. The van der Waals surface area contributed by atoms with E-state index in [9.17, 15) is 4.79 Å². The molecule has 0 radical (unpaired) electrons. The van der Waals surface area contributed by atoms with Crippen LogP contribution in [-0.2, 0) is 0 Å². The molecule has 0 atom stereocenters. The molecule has 0 aliphatic rings. The molecule has 2 rings (SSSR count). The molecule has 0 saturated carbocycles. The summed E-state index contributed by atoms with van der Waals surface area (Å²) in [6.07, 6.45) is 0. The molecule has 0 aliphatic heterocycles. The standard InChI is InChI=1S/C13H17N3O2S.ClH/c1-9-4-5-11(18-9)12-15-10(8-19-12)13(17)16(3)7-6-14-2;/h4-5,8,14H,6-7H2,1-3H3;1H. The van der Waals surface area contributed by atoms with Gasteiger partial charge >= 0.3 is 0 Å². The SMILES string of the molecule is CNCCN(C)C(=O)c1csc(-c2ccc(C)o2)n1.Cl. The van der Waals surface area contributed by atoms with Crippen LogP contribution < -0.4 is 5.32 Å². The number of furan rings is 1. The molecule has 5 nitrogen and oxygen atoms in total. The van der Waals surface area contributed by atoms with Crippen LogP contribution >= 0.6 is 23.7 Å². The van der Waals surface area contributed by atoms with Crippen LogP contribution in [0.2, 0.25) is 0 Å². The van der Waals surface area contributed by atoms with Gasteiger partial charge in [-0.2, -0.15) is 0 Å². The second-order valence-corrected chi connectivity index (χ2v) is 5.14. The van der Waals surface area contributed by atoms with E-state index in [-0.39, 0.29) is 18.3 Å². The van der Waals surface area contributed by atoms with Crippen molar-refractivity contribution >= 4 is 29.7 Å². The minimum absolute atomic E-state index is 0. The van der Waals surface area contributed by atoms with E-state index >= 15 is 0 Å². The van der Waals surface area contributed by atoms with Gasteiger partial charge in [0.1, 0.15) is 11.5 Å². The van der Waals surface area contributed by atoms with Gasteiger partial charge in [0.2, 0.25) is 0 Å². The van der Waals surface area contributed by atoms with Crippen LogP contribution in [0.25, 0.3) is 10.8 Å². The molecule has 2 aromatic heterocycles. The Labute approximate surface area is 128 Å². The summed E-state index contributed by atoms with van der Waals surface area (Å²) in [5.74, 6) is 1.48. The molecule has 0 bridgehead atoms. The number of likely N-dealkylation sites (N-methyl/N-ethyl adjacent to an activating group) is 2. The zero-order valence-corrected chi connectivity index (χ0v) is 13.3. The van der Waals surface area contributed by atoms with E-state index in [1.807, 2.05) is 26.1 Å². The highest BCUT2D eigenvalue weighted by molar-refractivity contribution is 7.13. The number of hydrogen-bond donors (Lipinski definition) is 1. The number of thiazole rings is 1. The number of rotatable bonds is 5. The van der Waals surface area contributed by atoms with Crippen molar-refractivity contribution in [2.45, 2.75) is 6.92 Å². The van der Waals surface area contributed by atoms with Crippen molar-refractivity contribution in [1.29, 1.82) is 0 Å². The molecule has 0 fully saturated rings. The predicted molar refractivity (Wildman–Crippen MR) is 82.7 cm³/mol. The molecule has 1 N–H and O–H groups in total. The number of hydrogen-bond acceptors (Lipinski definition) is 5.